The fourth-order valence-electron chi connectivity index (χ4n) is 2.54. The van der Waals surface area contributed by atoms with Crippen molar-refractivity contribution in [3.63, 3.8) is 0 Å². The highest BCUT2D eigenvalue weighted by atomic mass is 32.1. The molecule has 0 radical (unpaired) electrons. The zero-order chi connectivity index (χ0) is 18.1. The lowest BCUT2D eigenvalue weighted by atomic mass is 10.1. The third-order valence-corrected chi connectivity index (χ3v) is 4.40. The fraction of sp³-hybridized carbons (Fsp3) is 0. The van der Waals surface area contributed by atoms with Gasteiger partial charge in [-0.05, 0) is 12.1 Å². The molecule has 26 heavy (non-hydrogen) atoms. The number of benzene rings is 2. The highest BCUT2D eigenvalue weighted by Crippen LogP contribution is 2.29. The Morgan fingerprint density at radius 2 is 2.19 bits per heavy atom. The highest BCUT2D eigenvalue weighted by Gasteiger charge is 2.13. The molecule has 0 aliphatic heterocycles. The van der Waals surface area contributed by atoms with E-state index in [9.17, 15) is 10.5 Å². The molecule has 2 heterocycles. The molecule has 4 rings (SSSR count). The van der Waals surface area contributed by atoms with E-state index in [1.165, 1.54) is 12.1 Å². The number of nitriles is 1. The maximum absolute atomic E-state index is 11.1. The quantitative estimate of drug-likeness (QED) is 0.406. The summed E-state index contributed by atoms with van der Waals surface area (Å²) in [6.07, 6.45) is 1.60. The largest absolute Gasteiger partial charge is 0.595 e. The van der Waals surface area contributed by atoms with E-state index in [-0.39, 0.29) is 5.69 Å². The van der Waals surface area contributed by atoms with Crippen LogP contribution in [0, 0.1) is 16.5 Å². The van der Waals surface area contributed by atoms with Crippen molar-refractivity contribution in [1.82, 2.24) is 19.6 Å². The number of fused-ring (bicyclic) bond motifs is 1. The van der Waals surface area contributed by atoms with Gasteiger partial charge in [-0.25, -0.2) is 5.21 Å². The van der Waals surface area contributed by atoms with Crippen LogP contribution >= 0.6 is 11.5 Å². The second-order valence-corrected chi connectivity index (χ2v) is 6.12. The number of quaternary nitrogens is 1. The Labute approximate surface area is 150 Å². The number of H-pyrrole nitrogens is 1. The Hall–Kier alpha value is -3.36. The summed E-state index contributed by atoms with van der Waals surface area (Å²) in [4.78, 5) is 4.39. The van der Waals surface area contributed by atoms with E-state index in [0.717, 1.165) is 22.4 Å². The topological polar surface area (TPSA) is 138 Å². The van der Waals surface area contributed by atoms with Crippen LogP contribution in [-0.2, 0) is 0 Å². The summed E-state index contributed by atoms with van der Waals surface area (Å²) >= 11 is 1.13. The zero-order valence-electron chi connectivity index (χ0n) is 13.1. The summed E-state index contributed by atoms with van der Waals surface area (Å²) in [5.41, 5.74) is 2.61. The maximum atomic E-state index is 11.1. The van der Waals surface area contributed by atoms with Crippen LogP contribution in [-0.4, -0.2) is 24.8 Å². The molecular formula is C16H11N7O2S. The van der Waals surface area contributed by atoms with Crippen LogP contribution in [0.1, 0.15) is 5.56 Å². The molecule has 128 valence electrons. The third-order valence-electron chi connectivity index (χ3n) is 3.77. The van der Waals surface area contributed by atoms with Crippen molar-refractivity contribution in [2.24, 2.45) is 0 Å². The molecule has 0 aliphatic rings. The second kappa shape index (κ2) is 6.51. The van der Waals surface area contributed by atoms with Crippen LogP contribution in [0.4, 0.5) is 16.5 Å². The molecule has 4 aromatic rings. The Kier molecular flexibility index (Phi) is 4.04. The highest BCUT2D eigenvalue weighted by molar-refractivity contribution is 7.10. The minimum absolute atomic E-state index is 0.170. The Morgan fingerprint density at radius 1 is 1.31 bits per heavy atom. The van der Waals surface area contributed by atoms with E-state index in [2.05, 4.69) is 30.9 Å². The molecule has 0 aliphatic carbocycles. The van der Waals surface area contributed by atoms with Crippen molar-refractivity contribution in [2.75, 3.05) is 5.32 Å². The van der Waals surface area contributed by atoms with Crippen LogP contribution in [0.25, 0.3) is 22.3 Å². The first kappa shape index (κ1) is 16.1. The molecule has 1 atom stereocenters. The summed E-state index contributed by atoms with van der Waals surface area (Å²) < 4.78 is 4.26. The van der Waals surface area contributed by atoms with Gasteiger partial charge in [0.1, 0.15) is 6.07 Å². The number of nitrogens with zero attached hydrogens (tertiary/aromatic N) is 4. The van der Waals surface area contributed by atoms with Gasteiger partial charge in [0.15, 0.2) is 11.5 Å². The van der Waals surface area contributed by atoms with E-state index in [4.69, 9.17) is 5.21 Å². The van der Waals surface area contributed by atoms with Gasteiger partial charge in [-0.2, -0.15) is 24.9 Å². The molecule has 1 unspecified atom stereocenters. The van der Waals surface area contributed by atoms with Crippen LogP contribution in [0.3, 0.4) is 0 Å². The number of anilines is 2. The van der Waals surface area contributed by atoms with E-state index < -0.39 is 5.23 Å². The normalized spacial score (nSPS) is 12.0. The van der Waals surface area contributed by atoms with Crippen LogP contribution in [0.5, 0.6) is 0 Å². The Balaban J connectivity index is 1.65. The SMILES string of the molecule is N#Cc1c(Nc2nc(-c3cccc([NH+]([O-])O)c3)ns2)ccc2[nH]ncc12. The number of hydrogen-bond donors (Lipinski definition) is 4. The van der Waals surface area contributed by atoms with E-state index >= 15 is 0 Å². The van der Waals surface area contributed by atoms with Gasteiger partial charge in [0.25, 0.3) is 0 Å². The lowest BCUT2D eigenvalue weighted by molar-refractivity contribution is -0.991. The summed E-state index contributed by atoms with van der Waals surface area (Å²) in [7, 11) is 0. The van der Waals surface area contributed by atoms with Crippen molar-refractivity contribution in [3.8, 4) is 17.5 Å². The summed E-state index contributed by atoms with van der Waals surface area (Å²) in [5.74, 6) is 0.420. The van der Waals surface area contributed by atoms with E-state index in [1.54, 1.807) is 24.4 Å². The van der Waals surface area contributed by atoms with Gasteiger partial charge >= 0.3 is 0 Å². The lowest BCUT2D eigenvalue weighted by Gasteiger charge is -2.11. The molecule has 0 saturated heterocycles. The molecule has 2 aromatic carbocycles. The van der Waals surface area contributed by atoms with E-state index in [0.29, 0.717) is 27.8 Å². The van der Waals surface area contributed by atoms with Crippen LogP contribution in [0.15, 0.2) is 42.6 Å². The molecule has 0 spiro atoms. The van der Waals surface area contributed by atoms with Crippen molar-refractivity contribution < 1.29 is 10.4 Å². The predicted molar refractivity (Wildman–Crippen MR) is 95.2 cm³/mol. The Bertz CT molecular complexity index is 1130. The average molecular weight is 365 g/mol. The second-order valence-electron chi connectivity index (χ2n) is 5.37. The molecule has 9 nitrogen and oxygen atoms in total. The standard InChI is InChI=1S/C16H11N7O2S/c17-7-11-12-8-18-21-14(12)5-4-13(11)19-16-20-15(22-26-16)9-2-1-3-10(6-9)23(24)25/h1-6,8,23-24H,(H,18,21)(H,19,20,22). The first-order valence-corrected chi connectivity index (χ1v) is 8.23. The molecule has 4 N–H and O–H groups in total. The van der Waals surface area contributed by atoms with E-state index in [1.807, 2.05) is 6.07 Å². The van der Waals surface area contributed by atoms with Crippen molar-refractivity contribution in [2.45, 2.75) is 0 Å². The molecule has 0 fully saturated rings. The molecule has 0 saturated carbocycles. The molecule has 0 bridgehead atoms. The summed E-state index contributed by atoms with van der Waals surface area (Å²) in [5, 5.41) is 39.7. The van der Waals surface area contributed by atoms with Crippen molar-refractivity contribution in [3.05, 3.63) is 53.4 Å². The van der Waals surface area contributed by atoms with Crippen LogP contribution in [0.2, 0.25) is 0 Å². The average Bonchev–Trinajstić information content (AvgIpc) is 3.31. The van der Waals surface area contributed by atoms with Gasteiger partial charge in [-0.1, -0.05) is 12.1 Å². The van der Waals surface area contributed by atoms with Gasteiger partial charge in [0, 0.05) is 34.6 Å². The molecule has 2 aromatic heterocycles. The zero-order valence-corrected chi connectivity index (χ0v) is 13.9. The van der Waals surface area contributed by atoms with Crippen molar-refractivity contribution >= 4 is 38.9 Å². The number of rotatable bonds is 4. The Morgan fingerprint density at radius 3 is 3.00 bits per heavy atom. The monoisotopic (exact) mass is 365 g/mol. The summed E-state index contributed by atoms with van der Waals surface area (Å²) in [6, 6.07) is 12.2. The fourth-order valence-corrected chi connectivity index (χ4v) is 3.14. The maximum Gasteiger partial charge on any atom is 0.207 e. The molecule has 10 heteroatoms. The van der Waals surface area contributed by atoms with Gasteiger partial charge < -0.3 is 10.5 Å². The van der Waals surface area contributed by atoms with Gasteiger partial charge in [-0.15, -0.1) is 0 Å². The number of nitrogens with one attached hydrogen (secondary N) is 3. The third kappa shape index (κ3) is 2.87. The smallest absolute Gasteiger partial charge is 0.207 e. The summed E-state index contributed by atoms with van der Waals surface area (Å²) in [6.45, 7) is 0. The first-order valence-electron chi connectivity index (χ1n) is 7.46. The molecule has 0 amide bonds. The van der Waals surface area contributed by atoms with Gasteiger partial charge in [-0.3, -0.25) is 5.10 Å². The minimum Gasteiger partial charge on any atom is -0.595 e. The van der Waals surface area contributed by atoms with Gasteiger partial charge in [0.05, 0.1) is 23.0 Å². The first-order chi connectivity index (χ1) is 12.7. The van der Waals surface area contributed by atoms with Gasteiger partial charge in [0.2, 0.25) is 5.13 Å². The van der Waals surface area contributed by atoms with Crippen molar-refractivity contribution in [1.29, 1.82) is 5.26 Å². The predicted octanol–water partition coefficient (Wildman–Crippen LogP) is 2.10. The number of hydrogen-bond acceptors (Lipinski definition) is 8. The molecular weight excluding hydrogens is 354 g/mol. The van der Waals surface area contributed by atoms with Crippen LogP contribution < -0.4 is 10.5 Å². The minimum atomic E-state index is -1.01. The lowest BCUT2D eigenvalue weighted by Crippen LogP contribution is -2.99. The number of aromatic nitrogens is 4. The number of aromatic amines is 1.